The molecule has 2 saturated carbocycles. The van der Waals surface area contributed by atoms with E-state index < -0.39 is 11.6 Å². The minimum absolute atomic E-state index is 0.00317. The van der Waals surface area contributed by atoms with Crippen molar-refractivity contribution in [2.45, 2.75) is 50.2 Å². The standard InChI is InChI=1S/C25H26F3N3O2/c26-16-3-1-14(2-4-16)23-22(20-9-17(27)10-21(28)24(20)31-23)15-7-13(8-15)12-29-25(33)30-18-5-6-19(32)11-18/h1-4,9-10,13,15,18-19,31-32H,5-8,11-12H2,(H2,29,30,33)/t13?,15?,18-,19-/m0/s1. The number of amides is 2. The molecule has 8 heteroatoms. The van der Waals surface area contributed by atoms with Gasteiger partial charge in [-0.2, -0.15) is 0 Å². The monoisotopic (exact) mass is 457 g/mol. The van der Waals surface area contributed by atoms with Crippen LogP contribution in [0.3, 0.4) is 0 Å². The molecule has 2 aliphatic rings. The number of carbonyl (C=O) groups excluding carboxylic acids is 1. The summed E-state index contributed by atoms with van der Waals surface area (Å²) in [5, 5.41) is 15.9. The lowest BCUT2D eigenvalue weighted by atomic mass is 9.70. The van der Waals surface area contributed by atoms with E-state index in [2.05, 4.69) is 15.6 Å². The first kappa shape index (κ1) is 21.8. The van der Waals surface area contributed by atoms with Crippen LogP contribution in [0.2, 0.25) is 0 Å². The molecule has 0 spiro atoms. The Bertz CT molecular complexity index is 1170. The van der Waals surface area contributed by atoms with E-state index in [1.54, 1.807) is 12.1 Å². The number of aromatic nitrogens is 1. The molecule has 0 saturated heterocycles. The van der Waals surface area contributed by atoms with Crippen molar-refractivity contribution < 1.29 is 23.1 Å². The molecule has 2 aliphatic carbocycles. The Morgan fingerprint density at radius 3 is 2.48 bits per heavy atom. The van der Waals surface area contributed by atoms with Crippen LogP contribution >= 0.6 is 0 Å². The molecular weight excluding hydrogens is 431 g/mol. The molecule has 5 nitrogen and oxygen atoms in total. The van der Waals surface area contributed by atoms with Crippen LogP contribution in [0.15, 0.2) is 36.4 Å². The maximum absolute atomic E-state index is 14.5. The number of carbonyl (C=O) groups is 1. The molecule has 0 unspecified atom stereocenters. The maximum Gasteiger partial charge on any atom is 0.315 e. The predicted molar refractivity (Wildman–Crippen MR) is 119 cm³/mol. The molecule has 3 aromatic rings. The van der Waals surface area contributed by atoms with Crippen LogP contribution in [0.1, 0.15) is 43.6 Å². The zero-order valence-corrected chi connectivity index (χ0v) is 18.0. The second-order valence-electron chi connectivity index (χ2n) is 9.28. The van der Waals surface area contributed by atoms with Gasteiger partial charge in [0.15, 0.2) is 0 Å². The van der Waals surface area contributed by atoms with Gasteiger partial charge >= 0.3 is 6.03 Å². The zero-order valence-electron chi connectivity index (χ0n) is 18.0. The third-order valence-electron chi connectivity index (χ3n) is 6.93. The fourth-order valence-electron chi connectivity index (χ4n) is 5.21. The molecule has 2 aromatic carbocycles. The summed E-state index contributed by atoms with van der Waals surface area (Å²) < 4.78 is 42.0. The molecule has 0 aliphatic heterocycles. The Kier molecular flexibility index (Phi) is 5.78. The van der Waals surface area contributed by atoms with Crippen LogP contribution < -0.4 is 10.6 Å². The van der Waals surface area contributed by atoms with Crippen LogP contribution in [0.4, 0.5) is 18.0 Å². The largest absolute Gasteiger partial charge is 0.393 e. The van der Waals surface area contributed by atoms with Gasteiger partial charge < -0.3 is 20.7 Å². The van der Waals surface area contributed by atoms with E-state index in [0.29, 0.717) is 36.0 Å². The molecule has 2 atom stereocenters. The molecule has 0 bridgehead atoms. The lowest BCUT2D eigenvalue weighted by Crippen LogP contribution is -2.44. The van der Waals surface area contributed by atoms with E-state index in [0.717, 1.165) is 30.9 Å². The van der Waals surface area contributed by atoms with Crippen molar-refractivity contribution in [1.29, 1.82) is 0 Å². The highest BCUT2D eigenvalue weighted by molar-refractivity contribution is 5.92. The SMILES string of the molecule is O=C(NCC1CC(c2c(-c3ccc(F)cc3)[nH]c3c(F)cc(F)cc23)C1)N[C@H]1CC[C@H](O)C1. The van der Waals surface area contributed by atoms with Gasteiger partial charge in [-0.05, 0) is 85.4 Å². The Hall–Kier alpha value is -3.00. The summed E-state index contributed by atoms with van der Waals surface area (Å²) in [4.78, 5) is 15.2. The number of rotatable bonds is 5. The summed E-state index contributed by atoms with van der Waals surface area (Å²) in [5.74, 6) is -1.35. The molecule has 174 valence electrons. The molecule has 33 heavy (non-hydrogen) atoms. The van der Waals surface area contributed by atoms with Gasteiger partial charge in [-0.25, -0.2) is 18.0 Å². The van der Waals surface area contributed by atoms with Crippen molar-refractivity contribution in [3.63, 3.8) is 0 Å². The predicted octanol–water partition coefficient (Wildman–Crippen LogP) is 4.96. The minimum atomic E-state index is -0.661. The molecule has 0 radical (unpaired) electrons. The van der Waals surface area contributed by atoms with E-state index in [4.69, 9.17) is 0 Å². The number of hydrogen-bond acceptors (Lipinski definition) is 2. The Morgan fingerprint density at radius 2 is 1.79 bits per heavy atom. The fraction of sp³-hybridized carbons (Fsp3) is 0.400. The topological polar surface area (TPSA) is 77.2 Å². The Labute approximate surface area is 189 Å². The van der Waals surface area contributed by atoms with E-state index in [9.17, 15) is 23.1 Å². The fourth-order valence-corrected chi connectivity index (χ4v) is 5.21. The number of H-pyrrole nitrogens is 1. The second kappa shape index (κ2) is 8.74. The highest BCUT2D eigenvalue weighted by atomic mass is 19.1. The molecule has 1 aromatic heterocycles. The average molecular weight is 457 g/mol. The molecule has 5 rings (SSSR count). The Morgan fingerprint density at radius 1 is 1.03 bits per heavy atom. The number of fused-ring (bicyclic) bond motifs is 1. The van der Waals surface area contributed by atoms with Gasteiger partial charge in [-0.3, -0.25) is 0 Å². The van der Waals surface area contributed by atoms with E-state index in [1.807, 2.05) is 0 Å². The minimum Gasteiger partial charge on any atom is -0.393 e. The third-order valence-corrected chi connectivity index (χ3v) is 6.93. The summed E-state index contributed by atoms with van der Waals surface area (Å²) in [6.45, 7) is 0.508. The lowest BCUT2D eigenvalue weighted by Gasteiger charge is -2.36. The van der Waals surface area contributed by atoms with Crippen molar-refractivity contribution in [1.82, 2.24) is 15.6 Å². The lowest BCUT2D eigenvalue weighted by molar-refractivity contribution is 0.179. The van der Waals surface area contributed by atoms with Gasteiger partial charge in [-0.15, -0.1) is 0 Å². The van der Waals surface area contributed by atoms with Gasteiger partial charge in [0.05, 0.1) is 17.3 Å². The number of urea groups is 1. The van der Waals surface area contributed by atoms with Crippen LogP contribution in [0, 0.1) is 23.4 Å². The van der Waals surface area contributed by atoms with Crippen molar-refractivity contribution >= 4 is 16.9 Å². The van der Waals surface area contributed by atoms with Crippen molar-refractivity contribution in [3.05, 3.63) is 59.4 Å². The van der Waals surface area contributed by atoms with Gasteiger partial charge in [0.25, 0.3) is 0 Å². The highest BCUT2D eigenvalue weighted by Gasteiger charge is 2.35. The summed E-state index contributed by atoms with van der Waals surface area (Å²) in [6.07, 6.45) is 3.25. The van der Waals surface area contributed by atoms with Gasteiger partial charge in [0.2, 0.25) is 0 Å². The Balaban J connectivity index is 1.30. The molecule has 4 N–H and O–H groups in total. The van der Waals surface area contributed by atoms with Gasteiger partial charge in [0.1, 0.15) is 17.5 Å². The summed E-state index contributed by atoms with van der Waals surface area (Å²) in [5.41, 5.74) is 2.45. The van der Waals surface area contributed by atoms with Crippen molar-refractivity contribution in [3.8, 4) is 11.3 Å². The van der Waals surface area contributed by atoms with E-state index >= 15 is 0 Å². The normalized spacial score (nSPS) is 24.6. The number of halogens is 3. The van der Waals surface area contributed by atoms with E-state index in [1.165, 1.54) is 18.2 Å². The van der Waals surface area contributed by atoms with E-state index in [-0.39, 0.29) is 41.3 Å². The molecule has 2 amide bonds. The van der Waals surface area contributed by atoms with Crippen LogP contribution in [-0.2, 0) is 0 Å². The summed E-state index contributed by atoms with van der Waals surface area (Å²) >= 11 is 0. The smallest absolute Gasteiger partial charge is 0.315 e. The number of benzene rings is 2. The first-order valence-corrected chi connectivity index (χ1v) is 11.4. The molecular formula is C25H26F3N3O2. The highest BCUT2D eigenvalue weighted by Crippen LogP contribution is 2.48. The van der Waals surface area contributed by atoms with Crippen LogP contribution in [-0.4, -0.2) is 34.8 Å². The summed E-state index contributed by atoms with van der Waals surface area (Å²) in [7, 11) is 0. The van der Waals surface area contributed by atoms with Crippen LogP contribution in [0.25, 0.3) is 22.2 Å². The number of aliphatic hydroxyl groups excluding tert-OH is 1. The summed E-state index contributed by atoms with van der Waals surface area (Å²) in [6, 6.07) is 7.90. The molecule has 2 fully saturated rings. The quantitative estimate of drug-likeness (QED) is 0.437. The van der Waals surface area contributed by atoms with Crippen LogP contribution in [0.5, 0.6) is 0 Å². The van der Waals surface area contributed by atoms with Crippen molar-refractivity contribution in [2.24, 2.45) is 5.92 Å². The third kappa shape index (κ3) is 4.44. The first-order valence-electron chi connectivity index (χ1n) is 11.4. The number of aliphatic hydroxyl groups is 1. The average Bonchev–Trinajstić information content (AvgIpc) is 3.31. The zero-order chi connectivity index (χ0) is 23.1. The first-order chi connectivity index (χ1) is 15.9. The number of hydrogen-bond donors (Lipinski definition) is 4. The van der Waals surface area contributed by atoms with Gasteiger partial charge in [-0.1, -0.05) is 0 Å². The maximum atomic E-state index is 14.5. The van der Waals surface area contributed by atoms with Crippen molar-refractivity contribution in [2.75, 3.05) is 6.54 Å². The molecule has 1 heterocycles. The number of nitrogens with one attached hydrogen (secondary N) is 3. The second-order valence-corrected chi connectivity index (χ2v) is 9.28. The van der Waals surface area contributed by atoms with Gasteiger partial charge in [0, 0.05) is 24.0 Å². The number of aromatic amines is 1.